The maximum Gasteiger partial charge on any atom is 0.0738 e. The second-order valence-corrected chi connectivity index (χ2v) is 3.07. The molecule has 3 unspecified atom stereocenters. The van der Waals surface area contributed by atoms with E-state index in [2.05, 4.69) is 24.8 Å². The van der Waals surface area contributed by atoms with Crippen molar-refractivity contribution in [3.63, 3.8) is 0 Å². The van der Waals surface area contributed by atoms with Crippen molar-refractivity contribution in [1.82, 2.24) is 0 Å². The quantitative estimate of drug-likeness (QED) is 0.460. The van der Waals surface area contributed by atoms with Crippen molar-refractivity contribution in [3.05, 3.63) is 24.3 Å². The average Bonchev–Trinajstić information content (AvgIpc) is 2.46. The maximum atomic E-state index is 8.71. The molecule has 0 saturated heterocycles. The van der Waals surface area contributed by atoms with Crippen LogP contribution in [0.2, 0.25) is 0 Å². The van der Waals surface area contributed by atoms with Gasteiger partial charge >= 0.3 is 0 Å². The van der Waals surface area contributed by atoms with Crippen LogP contribution in [0.3, 0.4) is 0 Å². The molecule has 0 aromatic heterocycles. The fourth-order valence-electron chi connectivity index (χ4n) is 1.93. The lowest BCUT2D eigenvalue weighted by Gasteiger charge is -2.11. The smallest absolute Gasteiger partial charge is 0.0738 e. The maximum absolute atomic E-state index is 8.71. The molecule has 1 saturated carbocycles. The molecular formula is C9H9N. The predicted molar refractivity (Wildman–Crippen MR) is 39.0 cm³/mol. The molecule has 1 heteroatoms. The van der Waals surface area contributed by atoms with Gasteiger partial charge in [-0.2, -0.15) is 5.26 Å². The van der Waals surface area contributed by atoms with Gasteiger partial charge in [-0.25, -0.2) is 0 Å². The van der Waals surface area contributed by atoms with Crippen LogP contribution < -0.4 is 0 Å². The first-order valence-corrected chi connectivity index (χ1v) is 3.59. The Morgan fingerprint density at radius 2 is 2.40 bits per heavy atom. The van der Waals surface area contributed by atoms with Crippen LogP contribution in [-0.2, 0) is 0 Å². The summed E-state index contributed by atoms with van der Waals surface area (Å²) < 4.78 is 0. The number of rotatable bonds is 0. The van der Waals surface area contributed by atoms with Crippen LogP contribution in [0.4, 0.5) is 0 Å². The molecule has 1 nitrogen and oxygen atoms in total. The first-order chi connectivity index (χ1) is 4.83. The molecule has 3 atom stereocenters. The Bertz CT molecular complexity index is 244. The Morgan fingerprint density at radius 3 is 2.80 bits per heavy atom. The molecule has 2 bridgehead atoms. The molecule has 1 fully saturated rings. The summed E-state index contributed by atoms with van der Waals surface area (Å²) in [6, 6.07) is 2.29. The largest absolute Gasteiger partial charge is 0.198 e. The monoisotopic (exact) mass is 131 g/mol. The van der Waals surface area contributed by atoms with E-state index in [1.165, 1.54) is 0 Å². The topological polar surface area (TPSA) is 23.8 Å². The fourth-order valence-corrected chi connectivity index (χ4v) is 1.93. The van der Waals surface area contributed by atoms with E-state index in [0.29, 0.717) is 11.8 Å². The Kier molecular flexibility index (Phi) is 0.990. The molecule has 50 valence electrons. The van der Waals surface area contributed by atoms with Crippen molar-refractivity contribution in [2.75, 3.05) is 0 Å². The summed E-state index contributed by atoms with van der Waals surface area (Å²) in [5.41, 5.74) is 1.13. The first kappa shape index (κ1) is 5.73. The van der Waals surface area contributed by atoms with Crippen LogP contribution in [0.1, 0.15) is 6.42 Å². The summed E-state index contributed by atoms with van der Waals surface area (Å²) in [5.74, 6) is 1.13. The molecule has 0 radical (unpaired) electrons. The van der Waals surface area contributed by atoms with Crippen molar-refractivity contribution in [1.29, 1.82) is 5.26 Å². The van der Waals surface area contributed by atoms with Crippen LogP contribution in [-0.4, -0.2) is 0 Å². The number of allylic oxidation sites excluding steroid dienone is 3. The summed E-state index contributed by atoms with van der Waals surface area (Å²) in [6.07, 6.45) is 5.48. The molecular weight excluding hydrogens is 122 g/mol. The van der Waals surface area contributed by atoms with E-state index in [-0.39, 0.29) is 5.92 Å². The number of hydrogen-bond donors (Lipinski definition) is 0. The summed E-state index contributed by atoms with van der Waals surface area (Å²) >= 11 is 0. The molecule has 10 heavy (non-hydrogen) atoms. The molecule has 0 N–H and O–H groups in total. The summed E-state index contributed by atoms with van der Waals surface area (Å²) in [4.78, 5) is 0. The lowest BCUT2D eigenvalue weighted by molar-refractivity contribution is 0.614. The van der Waals surface area contributed by atoms with Crippen LogP contribution >= 0.6 is 0 Å². The highest BCUT2D eigenvalue weighted by Gasteiger charge is 2.38. The average molecular weight is 131 g/mol. The Labute approximate surface area is 60.7 Å². The predicted octanol–water partition coefficient (Wildman–Crippen LogP) is 1.89. The third-order valence-corrected chi connectivity index (χ3v) is 2.56. The van der Waals surface area contributed by atoms with Crippen molar-refractivity contribution >= 4 is 0 Å². The lowest BCUT2D eigenvalue weighted by atomic mass is 9.91. The highest BCUT2D eigenvalue weighted by molar-refractivity contribution is 5.32. The van der Waals surface area contributed by atoms with E-state index in [1.807, 2.05) is 0 Å². The minimum Gasteiger partial charge on any atom is -0.198 e. The zero-order valence-electron chi connectivity index (χ0n) is 5.75. The zero-order valence-corrected chi connectivity index (χ0v) is 5.75. The van der Waals surface area contributed by atoms with Gasteiger partial charge in [0.2, 0.25) is 0 Å². The van der Waals surface area contributed by atoms with Gasteiger partial charge in [-0.15, -0.1) is 0 Å². The second kappa shape index (κ2) is 1.73. The van der Waals surface area contributed by atoms with E-state index >= 15 is 0 Å². The normalized spacial score (nSPS) is 42.3. The Morgan fingerprint density at radius 1 is 1.60 bits per heavy atom. The highest BCUT2D eigenvalue weighted by atomic mass is 14.4. The lowest BCUT2D eigenvalue weighted by Crippen LogP contribution is -2.05. The summed E-state index contributed by atoms with van der Waals surface area (Å²) in [7, 11) is 0. The van der Waals surface area contributed by atoms with E-state index in [4.69, 9.17) is 5.26 Å². The van der Waals surface area contributed by atoms with Gasteiger partial charge in [-0.05, 0) is 18.3 Å². The molecule has 0 heterocycles. The van der Waals surface area contributed by atoms with Gasteiger partial charge in [-0.3, -0.25) is 0 Å². The van der Waals surface area contributed by atoms with Crippen LogP contribution in [0, 0.1) is 29.1 Å². The second-order valence-electron chi connectivity index (χ2n) is 3.07. The van der Waals surface area contributed by atoms with Gasteiger partial charge in [0.25, 0.3) is 0 Å². The molecule has 0 aromatic rings. The van der Waals surface area contributed by atoms with Gasteiger partial charge in [0.05, 0.1) is 12.0 Å². The number of nitrogens with zero attached hydrogens (tertiary/aromatic N) is 1. The molecule has 2 aliphatic carbocycles. The van der Waals surface area contributed by atoms with Crippen molar-refractivity contribution in [2.45, 2.75) is 6.42 Å². The zero-order chi connectivity index (χ0) is 7.14. The van der Waals surface area contributed by atoms with Gasteiger partial charge < -0.3 is 0 Å². The van der Waals surface area contributed by atoms with E-state index in [0.717, 1.165) is 12.0 Å². The molecule has 0 amide bonds. The minimum atomic E-state index is 0.120. The van der Waals surface area contributed by atoms with E-state index in [1.54, 1.807) is 0 Å². The van der Waals surface area contributed by atoms with Crippen LogP contribution in [0.15, 0.2) is 24.3 Å². The highest BCUT2D eigenvalue weighted by Crippen LogP contribution is 2.46. The first-order valence-electron chi connectivity index (χ1n) is 3.59. The molecule has 2 rings (SSSR count). The van der Waals surface area contributed by atoms with Gasteiger partial charge in [0.15, 0.2) is 0 Å². The van der Waals surface area contributed by atoms with Gasteiger partial charge in [0, 0.05) is 0 Å². The Balaban J connectivity index is 2.36. The number of nitriles is 1. The molecule has 0 aliphatic heterocycles. The minimum absolute atomic E-state index is 0.120. The third-order valence-electron chi connectivity index (χ3n) is 2.56. The summed E-state index contributed by atoms with van der Waals surface area (Å²) in [5, 5.41) is 8.71. The van der Waals surface area contributed by atoms with E-state index in [9.17, 15) is 0 Å². The number of fused-ring (bicyclic) bond motifs is 2. The van der Waals surface area contributed by atoms with Crippen LogP contribution in [0.25, 0.3) is 0 Å². The van der Waals surface area contributed by atoms with Crippen LogP contribution in [0.5, 0.6) is 0 Å². The fraction of sp³-hybridized carbons (Fsp3) is 0.444. The standard InChI is InChI=1S/C9H9N/c1-6-7-2-3-8(4-7)9(6)5-10/h2-3,7-9H,1,4H2. The number of hydrogen-bond acceptors (Lipinski definition) is 1. The Hall–Kier alpha value is -1.03. The third kappa shape index (κ3) is 0.515. The van der Waals surface area contributed by atoms with Crippen molar-refractivity contribution < 1.29 is 0 Å². The summed E-state index contributed by atoms with van der Waals surface area (Å²) in [6.45, 7) is 3.92. The molecule has 2 aliphatic rings. The van der Waals surface area contributed by atoms with Crippen molar-refractivity contribution in [2.24, 2.45) is 17.8 Å². The van der Waals surface area contributed by atoms with E-state index < -0.39 is 0 Å². The SMILES string of the molecule is C=C1C2C=CC(C2)C1C#N. The van der Waals surface area contributed by atoms with Gasteiger partial charge in [0.1, 0.15) is 0 Å². The van der Waals surface area contributed by atoms with Crippen molar-refractivity contribution in [3.8, 4) is 6.07 Å². The molecule has 0 aromatic carbocycles. The van der Waals surface area contributed by atoms with Gasteiger partial charge in [-0.1, -0.05) is 24.3 Å². The molecule has 0 spiro atoms.